The summed E-state index contributed by atoms with van der Waals surface area (Å²) in [5, 5.41) is 8.80. The summed E-state index contributed by atoms with van der Waals surface area (Å²) in [6, 6.07) is 7.82. The molecule has 0 aliphatic carbocycles. The maximum Gasteiger partial charge on any atom is 0.308 e. The first-order chi connectivity index (χ1) is 8.90. The predicted molar refractivity (Wildman–Crippen MR) is 76.9 cm³/mol. The highest BCUT2D eigenvalue weighted by Crippen LogP contribution is 2.12. The first kappa shape index (κ1) is 15.7. The van der Waals surface area contributed by atoms with Crippen LogP contribution < -0.4 is 0 Å². The number of benzene rings is 1. The lowest BCUT2D eigenvalue weighted by atomic mass is 10.1. The van der Waals surface area contributed by atoms with Crippen LogP contribution in [0.3, 0.4) is 0 Å². The number of halogens is 1. The Morgan fingerprint density at radius 2 is 1.89 bits per heavy atom. The Hall–Kier alpha value is -1.36. The second kappa shape index (κ2) is 7.28. The molecule has 5 heteroatoms. The third kappa shape index (κ3) is 5.42. The van der Waals surface area contributed by atoms with Crippen molar-refractivity contribution in [1.29, 1.82) is 0 Å². The van der Waals surface area contributed by atoms with Gasteiger partial charge < -0.3 is 10.0 Å². The van der Waals surface area contributed by atoms with Gasteiger partial charge >= 0.3 is 5.97 Å². The van der Waals surface area contributed by atoms with Crippen molar-refractivity contribution < 1.29 is 14.7 Å². The molecule has 1 aromatic carbocycles. The van der Waals surface area contributed by atoms with Crippen molar-refractivity contribution in [3.8, 4) is 0 Å². The second-order valence-corrected chi connectivity index (χ2v) is 5.56. The van der Waals surface area contributed by atoms with E-state index in [2.05, 4.69) is 15.9 Å². The number of hydrogen-bond acceptors (Lipinski definition) is 2. The van der Waals surface area contributed by atoms with Crippen LogP contribution in [0, 0.1) is 5.92 Å². The van der Waals surface area contributed by atoms with Gasteiger partial charge in [-0.2, -0.15) is 0 Å². The van der Waals surface area contributed by atoms with Gasteiger partial charge in [-0.15, -0.1) is 0 Å². The minimum atomic E-state index is -0.882. The van der Waals surface area contributed by atoms with Gasteiger partial charge in [0.2, 0.25) is 5.91 Å². The van der Waals surface area contributed by atoms with Crippen molar-refractivity contribution in [3.63, 3.8) is 0 Å². The molecule has 0 aliphatic heterocycles. The van der Waals surface area contributed by atoms with Crippen LogP contribution in [0.4, 0.5) is 0 Å². The van der Waals surface area contributed by atoms with Crippen molar-refractivity contribution in [3.05, 3.63) is 34.3 Å². The number of aliphatic carboxylic acids is 1. The molecule has 0 fully saturated rings. The average Bonchev–Trinajstić information content (AvgIpc) is 2.37. The van der Waals surface area contributed by atoms with Gasteiger partial charge in [-0.1, -0.05) is 35.0 Å². The molecule has 0 saturated carbocycles. The molecule has 0 spiro atoms. The Labute approximate surface area is 121 Å². The molecule has 0 saturated heterocycles. The Bertz CT molecular complexity index is 445. The Morgan fingerprint density at radius 3 is 2.42 bits per heavy atom. The van der Waals surface area contributed by atoms with E-state index in [4.69, 9.17) is 5.11 Å². The van der Waals surface area contributed by atoms with Crippen molar-refractivity contribution >= 4 is 27.8 Å². The Balaban J connectivity index is 2.42. The molecule has 1 rings (SSSR count). The number of amides is 1. The number of rotatable bonds is 6. The van der Waals surface area contributed by atoms with E-state index in [0.29, 0.717) is 12.8 Å². The van der Waals surface area contributed by atoms with E-state index in [-0.39, 0.29) is 12.5 Å². The van der Waals surface area contributed by atoms with E-state index in [1.165, 1.54) is 4.90 Å². The monoisotopic (exact) mass is 327 g/mol. The van der Waals surface area contributed by atoms with E-state index in [1.807, 2.05) is 24.3 Å². The molecule has 1 amide bonds. The molecule has 0 heterocycles. The minimum absolute atomic E-state index is 0.0315. The number of carboxylic acids is 1. The fourth-order valence-corrected chi connectivity index (χ4v) is 1.95. The summed E-state index contributed by atoms with van der Waals surface area (Å²) in [6.07, 6.45) is 1.06. The highest BCUT2D eigenvalue weighted by Gasteiger charge is 2.17. The summed E-state index contributed by atoms with van der Waals surface area (Å²) in [4.78, 5) is 24.1. The van der Waals surface area contributed by atoms with E-state index in [0.717, 1.165) is 10.0 Å². The number of carbonyl (C=O) groups excluding carboxylic acids is 1. The smallest absolute Gasteiger partial charge is 0.308 e. The highest BCUT2D eigenvalue weighted by atomic mass is 79.9. The number of nitrogens with zero attached hydrogens (tertiary/aromatic N) is 1. The number of carboxylic acid groups (broad SMARTS) is 1. The fraction of sp³-hybridized carbons (Fsp3) is 0.429. The zero-order valence-electron chi connectivity index (χ0n) is 11.1. The van der Waals surface area contributed by atoms with Gasteiger partial charge in [0.15, 0.2) is 0 Å². The molecule has 0 aliphatic rings. The van der Waals surface area contributed by atoms with Crippen LogP contribution in [-0.4, -0.2) is 35.5 Å². The zero-order valence-corrected chi connectivity index (χ0v) is 12.7. The molecule has 1 atom stereocenters. The lowest BCUT2D eigenvalue weighted by molar-refractivity contribution is -0.142. The zero-order chi connectivity index (χ0) is 14.4. The van der Waals surface area contributed by atoms with Gasteiger partial charge in [0.05, 0.1) is 5.92 Å². The number of hydrogen-bond donors (Lipinski definition) is 1. The summed E-state index contributed by atoms with van der Waals surface area (Å²) in [6.45, 7) is 1.84. The van der Waals surface area contributed by atoms with Gasteiger partial charge in [0.1, 0.15) is 0 Å². The molecule has 0 bridgehead atoms. The van der Waals surface area contributed by atoms with Gasteiger partial charge in [-0.25, -0.2) is 0 Å². The van der Waals surface area contributed by atoms with Crippen molar-refractivity contribution in [2.45, 2.75) is 19.8 Å². The quantitative estimate of drug-likeness (QED) is 0.873. The summed E-state index contributed by atoms with van der Waals surface area (Å²) in [5.41, 5.74) is 1.09. The fourth-order valence-electron chi connectivity index (χ4n) is 1.68. The lowest BCUT2D eigenvalue weighted by Crippen LogP contribution is -2.33. The molecule has 0 radical (unpaired) electrons. The molecular formula is C14H18BrNO3. The standard InChI is InChI=1S/C14H18BrNO3/c1-10(14(18)19)9-16(2)13(17)8-5-11-3-6-12(15)7-4-11/h3-4,6-7,10H,5,8-9H2,1-2H3,(H,18,19)/t10-/m0/s1. The van der Waals surface area contributed by atoms with Crippen LogP contribution in [-0.2, 0) is 16.0 Å². The van der Waals surface area contributed by atoms with E-state index >= 15 is 0 Å². The summed E-state index contributed by atoms with van der Waals surface area (Å²) in [5.74, 6) is -1.45. The molecule has 19 heavy (non-hydrogen) atoms. The highest BCUT2D eigenvalue weighted by molar-refractivity contribution is 9.10. The van der Waals surface area contributed by atoms with Crippen LogP contribution in [0.5, 0.6) is 0 Å². The van der Waals surface area contributed by atoms with E-state index in [9.17, 15) is 9.59 Å². The largest absolute Gasteiger partial charge is 0.481 e. The topological polar surface area (TPSA) is 57.6 Å². The maximum absolute atomic E-state index is 11.9. The van der Waals surface area contributed by atoms with Gasteiger partial charge in [-0.3, -0.25) is 9.59 Å². The summed E-state index contributed by atoms with van der Waals surface area (Å²) >= 11 is 3.36. The third-order valence-electron chi connectivity index (χ3n) is 2.94. The van der Waals surface area contributed by atoms with Gasteiger partial charge in [-0.05, 0) is 24.1 Å². The molecule has 4 nitrogen and oxygen atoms in total. The minimum Gasteiger partial charge on any atom is -0.481 e. The maximum atomic E-state index is 11.9. The van der Waals surface area contributed by atoms with Crippen LogP contribution in [0.1, 0.15) is 18.9 Å². The van der Waals surface area contributed by atoms with Gasteiger partial charge in [0, 0.05) is 24.5 Å². The summed E-state index contributed by atoms with van der Waals surface area (Å²) in [7, 11) is 1.64. The SMILES string of the molecule is C[C@@H](CN(C)C(=O)CCc1ccc(Br)cc1)C(=O)O. The van der Waals surface area contributed by atoms with Crippen molar-refractivity contribution in [2.24, 2.45) is 5.92 Å². The van der Waals surface area contributed by atoms with E-state index < -0.39 is 11.9 Å². The number of carbonyl (C=O) groups is 2. The normalized spacial score (nSPS) is 11.9. The second-order valence-electron chi connectivity index (χ2n) is 4.64. The van der Waals surface area contributed by atoms with Crippen molar-refractivity contribution in [1.82, 2.24) is 4.90 Å². The van der Waals surface area contributed by atoms with Crippen LogP contribution in [0.2, 0.25) is 0 Å². The van der Waals surface area contributed by atoms with Crippen LogP contribution in [0.25, 0.3) is 0 Å². The molecule has 104 valence electrons. The van der Waals surface area contributed by atoms with Crippen molar-refractivity contribution in [2.75, 3.05) is 13.6 Å². The molecule has 0 unspecified atom stereocenters. The molecule has 1 aromatic rings. The lowest BCUT2D eigenvalue weighted by Gasteiger charge is -2.19. The first-order valence-corrected chi connectivity index (χ1v) is 6.90. The molecule has 1 N–H and O–H groups in total. The molecular weight excluding hydrogens is 310 g/mol. The summed E-state index contributed by atoms with van der Waals surface area (Å²) < 4.78 is 1.01. The third-order valence-corrected chi connectivity index (χ3v) is 3.46. The first-order valence-electron chi connectivity index (χ1n) is 6.11. The molecule has 0 aromatic heterocycles. The predicted octanol–water partition coefficient (Wildman–Crippen LogP) is 2.56. The van der Waals surface area contributed by atoms with Crippen LogP contribution >= 0.6 is 15.9 Å². The van der Waals surface area contributed by atoms with E-state index in [1.54, 1.807) is 14.0 Å². The Kier molecular flexibility index (Phi) is 6.02. The number of aryl methyl sites for hydroxylation is 1. The van der Waals surface area contributed by atoms with Crippen LogP contribution in [0.15, 0.2) is 28.7 Å². The van der Waals surface area contributed by atoms with Gasteiger partial charge in [0.25, 0.3) is 0 Å². The Morgan fingerprint density at radius 1 is 1.32 bits per heavy atom. The average molecular weight is 328 g/mol.